The Morgan fingerprint density at radius 3 is 2.67 bits per heavy atom. The van der Waals surface area contributed by atoms with Crippen LogP contribution in [0.15, 0.2) is 17.6 Å². The number of aromatic nitrogens is 3. The summed E-state index contributed by atoms with van der Waals surface area (Å²) < 4.78 is 1.80. The second-order valence-corrected chi connectivity index (χ2v) is 3.51. The molecule has 0 fully saturated rings. The van der Waals surface area contributed by atoms with Crippen molar-refractivity contribution in [3.05, 3.63) is 29.0 Å². The van der Waals surface area contributed by atoms with E-state index in [2.05, 4.69) is 10.1 Å². The Morgan fingerprint density at radius 2 is 2.17 bits per heavy atom. The van der Waals surface area contributed by atoms with E-state index in [9.17, 15) is 0 Å². The number of hydrogen-bond acceptors (Lipinski definition) is 3. The van der Waals surface area contributed by atoms with Gasteiger partial charge in [-0.1, -0.05) is 0 Å². The number of aryl methyl sites for hydroxylation is 2. The van der Waals surface area contributed by atoms with Crippen LogP contribution in [0.4, 0.5) is 0 Å². The monoisotopic (exact) mass is 179 g/mol. The maximum atomic E-state index is 4.31. The summed E-state index contributed by atoms with van der Waals surface area (Å²) in [6.07, 6.45) is 1.92. The Hall–Kier alpha value is -1.16. The fraction of sp³-hybridized carbons (Fsp3) is 0.250. The van der Waals surface area contributed by atoms with E-state index in [1.54, 1.807) is 16.0 Å². The maximum absolute atomic E-state index is 4.31. The molecule has 62 valence electrons. The van der Waals surface area contributed by atoms with Gasteiger partial charge in [0.15, 0.2) is 0 Å². The Labute approximate surface area is 74.7 Å². The molecule has 0 saturated carbocycles. The molecule has 2 aromatic rings. The molecule has 0 spiro atoms. The Balaban J connectivity index is 2.43. The van der Waals surface area contributed by atoms with Gasteiger partial charge in [0.05, 0.1) is 11.4 Å². The van der Waals surface area contributed by atoms with Gasteiger partial charge in [-0.3, -0.25) is 0 Å². The van der Waals surface area contributed by atoms with E-state index >= 15 is 0 Å². The standard InChI is InChI=1S/C8H9N3S/c1-6-3-4-11(10-6)8-9-7(2)5-12-8/h3-5H,1-2H3. The first-order chi connectivity index (χ1) is 5.75. The van der Waals surface area contributed by atoms with Gasteiger partial charge in [-0.2, -0.15) is 5.10 Å². The van der Waals surface area contributed by atoms with Crippen molar-refractivity contribution in [2.24, 2.45) is 0 Å². The number of rotatable bonds is 1. The van der Waals surface area contributed by atoms with Crippen molar-refractivity contribution in [1.29, 1.82) is 0 Å². The molecule has 12 heavy (non-hydrogen) atoms. The molecular formula is C8H9N3S. The molecule has 0 atom stereocenters. The third-order valence-electron chi connectivity index (χ3n) is 1.53. The van der Waals surface area contributed by atoms with Crippen LogP contribution < -0.4 is 0 Å². The molecule has 2 heterocycles. The highest BCUT2D eigenvalue weighted by molar-refractivity contribution is 7.12. The van der Waals surface area contributed by atoms with Crippen LogP contribution in [0.1, 0.15) is 11.4 Å². The Morgan fingerprint density at radius 1 is 1.33 bits per heavy atom. The summed E-state index contributed by atoms with van der Waals surface area (Å²) in [5, 5.41) is 7.21. The highest BCUT2D eigenvalue weighted by atomic mass is 32.1. The molecule has 0 saturated heterocycles. The van der Waals surface area contributed by atoms with Crippen LogP contribution in [0, 0.1) is 13.8 Å². The second-order valence-electron chi connectivity index (χ2n) is 2.67. The average Bonchev–Trinajstić information content (AvgIpc) is 2.58. The van der Waals surface area contributed by atoms with E-state index in [1.807, 2.05) is 31.5 Å². The minimum atomic E-state index is 0.931. The number of thiazole rings is 1. The zero-order chi connectivity index (χ0) is 8.55. The fourth-order valence-electron chi connectivity index (χ4n) is 0.968. The maximum Gasteiger partial charge on any atom is 0.210 e. The van der Waals surface area contributed by atoms with Crippen LogP contribution in [0.5, 0.6) is 0 Å². The SMILES string of the molecule is Cc1csc(-n2ccc(C)n2)n1. The highest BCUT2D eigenvalue weighted by Gasteiger charge is 2.01. The summed E-state index contributed by atoms with van der Waals surface area (Å²) in [5.74, 6) is 0. The Bertz CT molecular complexity index is 350. The van der Waals surface area contributed by atoms with E-state index in [0.717, 1.165) is 16.5 Å². The third-order valence-corrected chi connectivity index (χ3v) is 2.47. The van der Waals surface area contributed by atoms with Gasteiger partial charge in [0.25, 0.3) is 0 Å². The third kappa shape index (κ3) is 1.25. The Kier molecular flexibility index (Phi) is 1.69. The van der Waals surface area contributed by atoms with Crippen molar-refractivity contribution >= 4 is 11.3 Å². The lowest BCUT2D eigenvalue weighted by molar-refractivity contribution is 0.849. The normalized spacial score (nSPS) is 10.5. The smallest absolute Gasteiger partial charge is 0.210 e. The molecule has 0 aliphatic rings. The number of nitrogens with zero attached hydrogens (tertiary/aromatic N) is 3. The molecule has 2 rings (SSSR count). The molecule has 0 aliphatic carbocycles. The first-order valence-corrected chi connectivity index (χ1v) is 4.58. The van der Waals surface area contributed by atoms with Crippen LogP contribution in [0.25, 0.3) is 5.13 Å². The minimum Gasteiger partial charge on any atom is -0.224 e. The summed E-state index contributed by atoms with van der Waals surface area (Å²) in [6, 6.07) is 1.97. The van der Waals surface area contributed by atoms with Crippen molar-refractivity contribution < 1.29 is 0 Å². The summed E-state index contributed by atoms with van der Waals surface area (Å²) in [4.78, 5) is 4.31. The van der Waals surface area contributed by atoms with Crippen molar-refractivity contribution in [1.82, 2.24) is 14.8 Å². The lowest BCUT2D eigenvalue weighted by atomic mass is 10.5. The van der Waals surface area contributed by atoms with Gasteiger partial charge >= 0.3 is 0 Å². The quantitative estimate of drug-likeness (QED) is 0.669. The summed E-state index contributed by atoms with van der Waals surface area (Å²) in [7, 11) is 0. The van der Waals surface area contributed by atoms with Gasteiger partial charge < -0.3 is 0 Å². The molecule has 0 unspecified atom stereocenters. The van der Waals surface area contributed by atoms with Gasteiger partial charge in [-0.05, 0) is 19.9 Å². The van der Waals surface area contributed by atoms with Gasteiger partial charge in [-0.25, -0.2) is 9.67 Å². The van der Waals surface area contributed by atoms with Crippen LogP contribution >= 0.6 is 11.3 Å². The van der Waals surface area contributed by atoms with Gasteiger partial charge in [0.2, 0.25) is 5.13 Å². The molecule has 0 amide bonds. The van der Waals surface area contributed by atoms with Gasteiger partial charge in [-0.15, -0.1) is 11.3 Å². The van der Waals surface area contributed by atoms with Crippen LogP contribution in [0.3, 0.4) is 0 Å². The summed E-state index contributed by atoms with van der Waals surface area (Å²) in [6.45, 7) is 3.95. The van der Waals surface area contributed by atoms with Crippen molar-refractivity contribution in [2.75, 3.05) is 0 Å². The lowest BCUT2D eigenvalue weighted by Crippen LogP contribution is -1.93. The first-order valence-electron chi connectivity index (χ1n) is 3.70. The summed E-state index contributed by atoms with van der Waals surface area (Å²) >= 11 is 1.61. The molecular weight excluding hydrogens is 170 g/mol. The van der Waals surface area contributed by atoms with E-state index in [-0.39, 0.29) is 0 Å². The molecule has 0 N–H and O–H groups in total. The molecule has 0 bridgehead atoms. The largest absolute Gasteiger partial charge is 0.224 e. The predicted molar refractivity (Wildman–Crippen MR) is 48.7 cm³/mol. The minimum absolute atomic E-state index is 0.931. The number of hydrogen-bond donors (Lipinski definition) is 0. The predicted octanol–water partition coefficient (Wildman–Crippen LogP) is 1.95. The van der Waals surface area contributed by atoms with Crippen molar-refractivity contribution in [3.8, 4) is 5.13 Å². The van der Waals surface area contributed by atoms with E-state index < -0.39 is 0 Å². The second kappa shape index (κ2) is 2.71. The van der Waals surface area contributed by atoms with Gasteiger partial charge in [0, 0.05) is 11.6 Å². The van der Waals surface area contributed by atoms with E-state index in [4.69, 9.17) is 0 Å². The average molecular weight is 179 g/mol. The zero-order valence-electron chi connectivity index (χ0n) is 6.98. The molecule has 0 radical (unpaired) electrons. The highest BCUT2D eigenvalue weighted by Crippen LogP contribution is 2.13. The van der Waals surface area contributed by atoms with Crippen LogP contribution in [0.2, 0.25) is 0 Å². The first kappa shape index (κ1) is 7.49. The fourth-order valence-corrected chi connectivity index (χ4v) is 1.70. The van der Waals surface area contributed by atoms with Crippen LogP contribution in [-0.2, 0) is 0 Å². The topological polar surface area (TPSA) is 30.7 Å². The summed E-state index contributed by atoms with van der Waals surface area (Å²) in [5.41, 5.74) is 2.06. The molecule has 3 nitrogen and oxygen atoms in total. The zero-order valence-corrected chi connectivity index (χ0v) is 7.80. The molecule has 2 aromatic heterocycles. The van der Waals surface area contributed by atoms with E-state index in [0.29, 0.717) is 0 Å². The van der Waals surface area contributed by atoms with Crippen LogP contribution in [-0.4, -0.2) is 14.8 Å². The van der Waals surface area contributed by atoms with Crippen molar-refractivity contribution in [2.45, 2.75) is 13.8 Å². The molecule has 0 aromatic carbocycles. The van der Waals surface area contributed by atoms with Gasteiger partial charge in [0.1, 0.15) is 0 Å². The molecule has 4 heteroatoms. The molecule has 0 aliphatic heterocycles. The van der Waals surface area contributed by atoms with E-state index in [1.165, 1.54) is 0 Å². The lowest BCUT2D eigenvalue weighted by Gasteiger charge is -1.91. The van der Waals surface area contributed by atoms with Crippen molar-refractivity contribution in [3.63, 3.8) is 0 Å².